The van der Waals surface area contributed by atoms with Crippen LogP contribution in [0.25, 0.3) is 0 Å². The normalized spacial score (nSPS) is 16.7. The van der Waals surface area contributed by atoms with Crippen molar-refractivity contribution in [3.8, 4) is 5.75 Å². The summed E-state index contributed by atoms with van der Waals surface area (Å²) in [6.45, 7) is 0. The van der Waals surface area contributed by atoms with E-state index in [1.54, 1.807) is 0 Å². The van der Waals surface area contributed by atoms with Crippen molar-refractivity contribution in [2.75, 3.05) is 4.90 Å². The van der Waals surface area contributed by atoms with Crippen molar-refractivity contribution in [2.24, 2.45) is 0 Å². The first-order valence-electron chi connectivity index (χ1n) is 8.87. The third-order valence-corrected chi connectivity index (χ3v) is 4.55. The second-order valence-corrected chi connectivity index (χ2v) is 6.47. The molecule has 0 fully saturated rings. The molecule has 4 rings (SSSR count). The molecule has 1 atom stereocenters. The van der Waals surface area contributed by atoms with Gasteiger partial charge in [-0.15, -0.1) is 13.2 Å². The van der Waals surface area contributed by atoms with Crippen molar-refractivity contribution < 1.29 is 37.0 Å². The number of benzene rings is 1. The molecule has 1 amide bonds. The lowest BCUT2D eigenvalue weighted by atomic mass is 9.95. The molecule has 1 unspecified atom stereocenters. The van der Waals surface area contributed by atoms with Gasteiger partial charge in [-0.05, 0) is 42.0 Å². The number of aromatic nitrogens is 1. The maximum Gasteiger partial charge on any atom is 0.573 e. The fourth-order valence-corrected chi connectivity index (χ4v) is 3.34. The molecule has 31 heavy (non-hydrogen) atoms. The lowest BCUT2D eigenvalue weighted by Crippen LogP contribution is -2.31. The summed E-state index contributed by atoms with van der Waals surface area (Å²) in [4.78, 5) is 30.8. The third-order valence-electron chi connectivity index (χ3n) is 4.55. The number of ketones is 1. The molecule has 1 aliphatic rings. The monoisotopic (exact) mass is 430 g/mol. The molecule has 2 aromatic heterocycles. The molecule has 0 saturated heterocycles. The molecule has 0 bridgehead atoms. The minimum absolute atomic E-state index is 0.0117. The number of Topliss-reactive ketones (excluding diaryl/α,β-unsaturated/α-hetero) is 1. The summed E-state index contributed by atoms with van der Waals surface area (Å²) in [6.07, 6.45) is -0.825. The van der Waals surface area contributed by atoms with Gasteiger partial charge in [0.05, 0.1) is 17.9 Å². The number of rotatable bonds is 5. The summed E-state index contributed by atoms with van der Waals surface area (Å²) >= 11 is 0. The minimum Gasteiger partial charge on any atom is -0.503 e. The van der Waals surface area contributed by atoms with Gasteiger partial charge in [-0.1, -0.05) is 6.07 Å². The van der Waals surface area contributed by atoms with Gasteiger partial charge < -0.3 is 14.3 Å². The highest BCUT2D eigenvalue weighted by Crippen LogP contribution is 2.42. The Balaban J connectivity index is 1.82. The predicted octanol–water partition coefficient (Wildman–Crippen LogP) is 4.36. The average molecular weight is 430 g/mol. The van der Waals surface area contributed by atoms with Crippen molar-refractivity contribution in [1.82, 2.24) is 4.98 Å². The molecule has 0 radical (unpaired) electrons. The van der Waals surface area contributed by atoms with Crippen LogP contribution >= 0.6 is 0 Å². The van der Waals surface area contributed by atoms with E-state index in [9.17, 15) is 27.9 Å². The number of nitrogens with zero attached hydrogens (tertiary/aromatic N) is 2. The minimum atomic E-state index is -4.93. The number of aliphatic hydroxyl groups is 1. The summed E-state index contributed by atoms with van der Waals surface area (Å²) in [6, 6.07) is 9.45. The van der Waals surface area contributed by atoms with Crippen LogP contribution in [-0.4, -0.2) is 28.1 Å². The van der Waals surface area contributed by atoms with Gasteiger partial charge in [0, 0.05) is 24.1 Å². The molecule has 3 aromatic rings. The molecule has 1 aliphatic heterocycles. The zero-order chi connectivity index (χ0) is 22.2. The Morgan fingerprint density at radius 2 is 1.87 bits per heavy atom. The molecule has 7 nitrogen and oxygen atoms in total. The van der Waals surface area contributed by atoms with Crippen LogP contribution in [0.15, 0.2) is 82.9 Å². The number of hydrogen-bond donors (Lipinski definition) is 1. The second-order valence-electron chi connectivity index (χ2n) is 6.47. The van der Waals surface area contributed by atoms with E-state index in [2.05, 4.69) is 9.72 Å². The van der Waals surface area contributed by atoms with Crippen molar-refractivity contribution in [2.45, 2.75) is 12.4 Å². The highest BCUT2D eigenvalue weighted by atomic mass is 19.4. The standard InChI is InChI=1S/C21H13F3N2O5/c22-21(23,24)31-14-4-1-3-13(11-14)26-17(12-6-8-25-9-7-12)16(19(28)20(26)29)18(27)15-5-2-10-30-15/h1-11,17,28H. The van der Waals surface area contributed by atoms with E-state index in [4.69, 9.17) is 4.42 Å². The maximum atomic E-state index is 13.0. The summed E-state index contributed by atoms with van der Waals surface area (Å²) in [5, 5.41) is 10.5. The molecule has 0 spiro atoms. The SMILES string of the molecule is O=C(C1=C(O)C(=O)N(c2cccc(OC(F)(F)F)c2)C1c1ccncc1)c1ccco1. The van der Waals surface area contributed by atoms with Crippen LogP contribution in [0.3, 0.4) is 0 Å². The Bertz CT molecular complexity index is 1160. The van der Waals surface area contributed by atoms with Gasteiger partial charge >= 0.3 is 6.36 Å². The molecular weight excluding hydrogens is 417 g/mol. The van der Waals surface area contributed by atoms with Crippen molar-refractivity contribution in [3.63, 3.8) is 0 Å². The average Bonchev–Trinajstić information content (AvgIpc) is 3.35. The molecule has 1 aromatic carbocycles. The molecule has 10 heteroatoms. The van der Waals surface area contributed by atoms with Crippen LogP contribution in [0.5, 0.6) is 5.75 Å². The molecule has 1 N–H and O–H groups in total. The zero-order valence-electron chi connectivity index (χ0n) is 15.5. The summed E-state index contributed by atoms with van der Waals surface area (Å²) in [5.74, 6) is -3.19. The highest BCUT2D eigenvalue weighted by Gasteiger charge is 2.45. The Hall–Kier alpha value is -4.08. The number of hydrogen-bond acceptors (Lipinski definition) is 6. The first kappa shape index (κ1) is 20.2. The Kier molecular flexibility index (Phi) is 4.97. The van der Waals surface area contributed by atoms with E-state index in [0.717, 1.165) is 17.0 Å². The predicted molar refractivity (Wildman–Crippen MR) is 100 cm³/mol. The van der Waals surface area contributed by atoms with Crippen molar-refractivity contribution >= 4 is 17.4 Å². The second kappa shape index (κ2) is 7.63. The van der Waals surface area contributed by atoms with Crippen LogP contribution in [0.2, 0.25) is 0 Å². The quantitative estimate of drug-likeness (QED) is 0.605. The lowest BCUT2D eigenvalue weighted by molar-refractivity contribution is -0.274. The third kappa shape index (κ3) is 3.87. The van der Waals surface area contributed by atoms with Crippen LogP contribution in [0.1, 0.15) is 22.2 Å². The molecule has 158 valence electrons. The number of aliphatic hydroxyl groups excluding tert-OH is 1. The molecular formula is C21H13F3N2O5. The summed E-state index contributed by atoms with van der Waals surface area (Å²) < 4.78 is 47.0. The van der Waals surface area contributed by atoms with Gasteiger partial charge in [-0.2, -0.15) is 0 Å². The fraction of sp³-hybridized carbons (Fsp3) is 0.0952. The number of alkyl halides is 3. The smallest absolute Gasteiger partial charge is 0.503 e. The first-order chi connectivity index (χ1) is 14.8. The number of halogens is 3. The Morgan fingerprint density at radius 1 is 1.13 bits per heavy atom. The van der Waals surface area contributed by atoms with Crippen LogP contribution < -0.4 is 9.64 Å². The highest BCUT2D eigenvalue weighted by molar-refractivity contribution is 6.20. The van der Waals surface area contributed by atoms with E-state index < -0.39 is 35.6 Å². The maximum absolute atomic E-state index is 13.0. The molecule has 3 heterocycles. The number of carbonyl (C=O) groups is 2. The van der Waals surface area contributed by atoms with Crippen LogP contribution in [0.4, 0.5) is 18.9 Å². The van der Waals surface area contributed by atoms with Crippen molar-refractivity contribution in [3.05, 3.63) is 89.8 Å². The van der Waals surface area contributed by atoms with Gasteiger partial charge in [0.1, 0.15) is 5.75 Å². The van der Waals surface area contributed by atoms with Gasteiger partial charge in [-0.25, -0.2) is 0 Å². The lowest BCUT2D eigenvalue weighted by Gasteiger charge is -2.27. The topological polar surface area (TPSA) is 92.9 Å². The largest absolute Gasteiger partial charge is 0.573 e. The van der Waals surface area contributed by atoms with Crippen LogP contribution in [-0.2, 0) is 4.79 Å². The van der Waals surface area contributed by atoms with Crippen molar-refractivity contribution in [1.29, 1.82) is 0 Å². The first-order valence-corrected chi connectivity index (χ1v) is 8.87. The summed E-state index contributed by atoms with van der Waals surface area (Å²) in [7, 11) is 0. The molecule has 0 aliphatic carbocycles. The van der Waals surface area contributed by atoms with E-state index in [1.807, 2.05) is 0 Å². The van der Waals surface area contributed by atoms with Crippen LogP contribution in [0, 0.1) is 0 Å². The van der Waals surface area contributed by atoms with E-state index >= 15 is 0 Å². The summed E-state index contributed by atoms with van der Waals surface area (Å²) in [5.41, 5.74) is 0.125. The van der Waals surface area contributed by atoms with E-state index in [0.29, 0.717) is 5.56 Å². The number of pyridine rings is 1. The number of anilines is 1. The van der Waals surface area contributed by atoms with Gasteiger partial charge in [0.15, 0.2) is 11.5 Å². The Labute approximate surface area is 173 Å². The number of amides is 1. The van der Waals surface area contributed by atoms with Gasteiger partial charge in [-0.3, -0.25) is 19.5 Å². The number of carbonyl (C=O) groups excluding carboxylic acids is 2. The number of ether oxygens (including phenoxy) is 1. The number of furan rings is 1. The van der Waals surface area contributed by atoms with Gasteiger partial charge in [0.2, 0.25) is 5.78 Å². The molecule has 0 saturated carbocycles. The van der Waals surface area contributed by atoms with E-state index in [1.165, 1.54) is 55.1 Å². The van der Waals surface area contributed by atoms with E-state index in [-0.39, 0.29) is 17.0 Å². The Morgan fingerprint density at radius 3 is 2.52 bits per heavy atom. The van der Waals surface area contributed by atoms with Gasteiger partial charge in [0.25, 0.3) is 5.91 Å². The fourth-order valence-electron chi connectivity index (χ4n) is 3.34. The zero-order valence-corrected chi connectivity index (χ0v) is 15.5.